The van der Waals surface area contributed by atoms with E-state index in [9.17, 15) is 9.59 Å². The van der Waals surface area contributed by atoms with Crippen molar-refractivity contribution in [2.45, 2.75) is 0 Å². The lowest BCUT2D eigenvalue weighted by molar-refractivity contribution is 0.0590. The lowest BCUT2D eigenvalue weighted by atomic mass is 10.2. The van der Waals surface area contributed by atoms with Crippen LogP contribution in [0.15, 0.2) is 59.5 Å². The zero-order valence-electron chi connectivity index (χ0n) is 10.8. The second-order valence-electron chi connectivity index (χ2n) is 4.28. The molecule has 0 saturated heterocycles. The van der Waals surface area contributed by atoms with E-state index >= 15 is 0 Å². The smallest absolute Gasteiger partial charge is 0.355 e. The second-order valence-corrected chi connectivity index (χ2v) is 4.28. The molecule has 0 N–H and O–H groups in total. The Kier molecular flexibility index (Phi) is 2.87. The molecule has 0 amide bonds. The van der Waals surface area contributed by atoms with Crippen LogP contribution in [-0.4, -0.2) is 22.0 Å². The van der Waals surface area contributed by atoms with Gasteiger partial charge in [0.05, 0.1) is 18.3 Å². The van der Waals surface area contributed by atoms with Gasteiger partial charge in [-0.3, -0.25) is 8.97 Å². The number of aromatic nitrogens is 2. The van der Waals surface area contributed by atoms with Crippen molar-refractivity contribution in [2.75, 3.05) is 7.11 Å². The summed E-state index contributed by atoms with van der Waals surface area (Å²) < 4.78 is 7.60. The summed E-state index contributed by atoms with van der Waals surface area (Å²) in [5.41, 5.74) is 1.17. The predicted octanol–water partition coefficient (Wildman–Crippen LogP) is 1.88. The van der Waals surface area contributed by atoms with Crippen LogP contribution in [0.2, 0.25) is 0 Å². The van der Waals surface area contributed by atoms with Crippen molar-refractivity contribution >= 4 is 11.5 Å². The maximum atomic E-state index is 12.5. The van der Waals surface area contributed by atoms with Crippen LogP contribution in [0.25, 0.3) is 11.2 Å². The molecule has 0 radical (unpaired) electrons. The van der Waals surface area contributed by atoms with E-state index in [1.807, 2.05) is 18.2 Å². The molecule has 20 heavy (non-hydrogen) atoms. The zero-order valence-corrected chi connectivity index (χ0v) is 10.8. The molecular weight excluding hydrogens is 256 g/mol. The summed E-state index contributed by atoms with van der Waals surface area (Å²) in [4.78, 5) is 24.5. The minimum Gasteiger partial charge on any atom is -0.464 e. The number of hydrogen-bond donors (Lipinski definition) is 0. The van der Waals surface area contributed by atoms with Gasteiger partial charge in [-0.1, -0.05) is 18.2 Å². The first-order valence-corrected chi connectivity index (χ1v) is 6.09. The highest BCUT2D eigenvalue weighted by atomic mass is 16.5. The number of ether oxygens (including phenoxy) is 1. The molecule has 0 aliphatic heterocycles. The highest BCUT2D eigenvalue weighted by Crippen LogP contribution is 2.12. The standard InChI is InChI=1S/C15H12N2O3/c1-20-14(18)13-10-12-8-5-9-16(12)15(19)17(13)11-6-3-2-4-7-11/h2-10H,1H3. The molecule has 0 bridgehead atoms. The van der Waals surface area contributed by atoms with Crippen molar-refractivity contribution in [1.82, 2.24) is 8.97 Å². The molecule has 2 aromatic heterocycles. The molecule has 0 atom stereocenters. The molecule has 1 aromatic carbocycles. The van der Waals surface area contributed by atoms with E-state index in [2.05, 4.69) is 0 Å². The second kappa shape index (κ2) is 4.70. The van der Waals surface area contributed by atoms with Gasteiger partial charge in [0, 0.05) is 6.20 Å². The number of hydrogen-bond acceptors (Lipinski definition) is 3. The van der Waals surface area contributed by atoms with E-state index in [1.165, 1.54) is 16.1 Å². The normalized spacial score (nSPS) is 10.7. The summed E-state index contributed by atoms with van der Waals surface area (Å²) in [5.74, 6) is -0.547. The van der Waals surface area contributed by atoms with Gasteiger partial charge in [-0.05, 0) is 30.3 Å². The molecule has 5 nitrogen and oxygen atoms in total. The molecule has 0 unspecified atom stereocenters. The molecule has 100 valence electrons. The molecule has 0 aliphatic rings. The lowest BCUT2D eigenvalue weighted by Gasteiger charge is -2.12. The quantitative estimate of drug-likeness (QED) is 0.667. The fourth-order valence-corrected chi connectivity index (χ4v) is 2.18. The number of para-hydroxylation sites is 1. The van der Waals surface area contributed by atoms with Crippen LogP contribution in [0.4, 0.5) is 0 Å². The average Bonchev–Trinajstić information content (AvgIpc) is 2.96. The molecule has 0 aliphatic carbocycles. The first-order valence-electron chi connectivity index (χ1n) is 6.09. The summed E-state index contributed by atoms with van der Waals surface area (Å²) in [6, 6.07) is 14.2. The van der Waals surface area contributed by atoms with Gasteiger partial charge in [0.1, 0.15) is 5.69 Å². The Labute approximate surface area is 114 Å². The minimum atomic E-state index is -0.547. The number of benzene rings is 1. The third-order valence-electron chi connectivity index (χ3n) is 3.11. The molecule has 0 saturated carbocycles. The van der Waals surface area contributed by atoms with Crippen molar-refractivity contribution in [1.29, 1.82) is 0 Å². The Morgan fingerprint density at radius 3 is 2.55 bits per heavy atom. The van der Waals surface area contributed by atoms with Gasteiger partial charge >= 0.3 is 11.7 Å². The lowest BCUT2D eigenvalue weighted by Crippen LogP contribution is -2.29. The van der Waals surface area contributed by atoms with E-state index in [-0.39, 0.29) is 11.4 Å². The fourth-order valence-electron chi connectivity index (χ4n) is 2.18. The Hall–Kier alpha value is -2.82. The van der Waals surface area contributed by atoms with Crippen LogP contribution in [0, 0.1) is 0 Å². The highest BCUT2D eigenvalue weighted by Gasteiger charge is 2.16. The summed E-state index contributed by atoms with van der Waals surface area (Å²) in [7, 11) is 1.30. The van der Waals surface area contributed by atoms with E-state index < -0.39 is 5.97 Å². The third kappa shape index (κ3) is 1.80. The average molecular weight is 268 g/mol. The first-order chi connectivity index (χ1) is 9.72. The van der Waals surface area contributed by atoms with Gasteiger partial charge in [-0.15, -0.1) is 0 Å². The van der Waals surface area contributed by atoms with Crippen LogP contribution in [-0.2, 0) is 4.74 Å². The van der Waals surface area contributed by atoms with Gasteiger partial charge < -0.3 is 4.74 Å². The summed E-state index contributed by atoms with van der Waals surface area (Å²) in [6.45, 7) is 0. The van der Waals surface area contributed by atoms with E-state index in [4.69, 9.17) is 4.74 Å². The van der Waals surface area contributed by atoms with Crippen molar-refractivity contribution in [2.24, 2.45) is 0 Å². The molecule has 3 rings (SSSR count). The molecule has 2 heterocycles. The van der Waals surface area contributed by atoms with Crippen molar-refractivity contribution in [3.63, 3.8) is 0 Å². The number of carbonyl (C=O) groups is 1. The number of esters is 1. The number of rotatable bonds is 2. The van der Waals surface area contributed by atoms with Gasteiger partial charge in [-0.25, -0.2) is 9.59 Å². The van der Waals surface area contributed by atoms with Crippen LogP contribution in [0.3, 0.4) is 0 Å². The van der Waals surface area contributed by atoms with Gasteiger partial charge in [-0.2, -0.15) is 0 Å². The minimum absolute atomic E-state index is 0.204. The van der Waals surface area contributed by atoms with Crippen LogP contribution >= 0.6 is 0 Å². The highest BCUT2D eigenvalue weighted by molar-refractivity contribution is 5.89. The molecule has 0 fully saturated rings. The topological polar surface area (TPSA) is 52.7 Å². The molecule has 3 aromatic rings. The van der Waals surface area contributed by atoms with Crippen molar-refractivity contribution in [3.05, 3.63) is 70.9 Å². The monoisotopic (exact) mass is 268 g/mol. The summed E-state index contributed by atoms with van der Waals surface area (Å²) in [5, 5.41) is 0. The number of fused-ring (bicyclic) bond motifs is 1. The fraction of sp³-hybridized carbons (Fsp3) is 0.0667. The first kappa shape index (κ1) is 12.2. The van der Waals surface area contributed by atoms with Gasteiger partial charge in [0.15, 0.2) is 0 Å². The number of nitrogens with zero attached hydrogens (tertiary/aromatic N) is 2. The summed E-state index contributed by atoms with van der Waals surface area (Å²) >= 11 is 0. The van der Waals surface area contributed by atoms with Crippen LogP contribution in [0.5, 0.6) is 0 Å². The van der Waals surface area contributed by atoms with Gasteiger partial charge in [0.2, 0.25) is 0 Å². The molecule has 0 spiro atoms. The van der Waals surface area contributed by atoms with Crippen LogP contribution in [0.1, 0.15) is 10.5 Å². The van der Waals surface area contributed by atoms with E-state index in [1.54, 1.807) is 36.5 Å². The number of carbonyl (C=O) groups excluding carboxylic acids is 1. The maximum Gasteiger partial charge on any atom is 0.355 e. The third-order valence-corrected chi connectivity index (χ3v) is 3.11. The maximum absolute atomic E-state index is 12.5. The SMILES string of the molecule is COC(=O)c1cc2cccn2c(=O)n1-c1ccccc1. The van der Waals surface area contributed by atoms with Crippen molar-refractivity contribution < 1.29 is 9.53 Å². The predicted molar refractivity (Wildman–Crippen MR) is 74.3 cm³/mol. The van der Waals surface area contributed by atoms with Crippen molar-refractivity contribution in [3.8, 4) is 5.69 Å². The zero-order chi connectivity index (χ0) is 14.1. The van der Waals surface area contributed by atoms with Gasteiger partial charge in [0.25, 0.3) is 0 Å². The molecular formula is C15H12N2O3. The Morgan fingerprint density at radius 1 is 1.10 bits per heavy atom. The largest absolute Gasteiger partial charge is 0.464 e. The van der Waals surface area contributed by atoms with E-state index in [0.717, 1.165) is 0 Å². The Balaban J connectivity index is 2.41. The number of methoxy groups -OCH3 is 1. The summed E-state index contributed by atoms with van der Waals surface area (Å²) in [6.07, 6.45) is 1.66. The molecule has 5 heteroatoms. The Morgan fingerprint density at radius 2 is 1.85 bits per heavy atom. The van der Waals surface area contributed by atoms with Crippen LogP contribution < -0.4 is 5.69 Å². The van der Waals surface area contributed by atoms with E-state index in [0.29, 0.717) is 11.2 Å². The Bertz CT molecular complexity index is 831.